The van der Waals surface area contributed by atoms with Gasteiger partial charge in [-0.2, -0.15) is 0 Å². The van der Waals surface area contributed by atoms with Crippen LogP contribution < -0.4 is 0 Å². The van der Waals surface area contributed by atoms with Crippen LogP contribution in [-0.2, 0) is 9.53 Å². The zero-order chi connectivity index (χ0) is 20.4. The van der Waals surface area contributed by atoms with Crippen LogP contribution in [0.25, 0.3) is 0 Å². The Labute approximate surface area is 170 Å². The Morgan fingerprint density at radius 3 is 1.56 bits per heavy atom. The standard InChI is InChI=1S/C24H48NO2/c1-6-8-9-10-11-12-13-14-15-16-17-18-19-20-21-22-25(4,5)23(3)27-24(26)7-2/h7,23H,2,6,8-22H2,1,3-5H3/q+1. The summed E-state index contributed by atoms with van der Waals surface area (Å²) in [5.41, 5.74) is 0. The van der Waals surface area contributed by atoms with Crippen LogP contribution in [0, 0.1) is 0 Å². The molecule has 0 spiro atoms. The average Bonchev–Trinajstić information content (AvgIpc) is 2.64. The predicted octanol–water partition coefficient (Wildman–Crippen LogP) is 7.01. The van der Waals surface area contributed by atoms with Crippen molar-refractivity contribution in [2.24, 2.45) is 0 Å². The Balaban J connectivity index is 3.41. The molecular weight excluding hydrogens is 334 g/mol. The lowest BCUT2D eigenvalue weighted by Gasteiger charge is -2.34. The summed E-state index contributed by atoms with van der Waals surface area (Å²) in [5, 5.41) is 0. The van der Waals surface area contributed by atoms with Crippen LogP contribution in [0.3, 0.4) is 0 Å². The number of esters is 1. The van der Waals surface area contributed by atoms with Crippen molar-refractivity contribution in [3.05, 3.63) is 12.7 Å². The van der Waals surface area contributed by atoms with Crippen LogP contribution in [-0.4, -0.2) is 37.3 Å². The molecule has 0 fully saturated rings. The molecule has 27 heavy (non-hydrogen) atoms. The largest absolute Gasteiger partial charge is 0.410 e. The van der Waals surface area contributed by atoms with Gasteiger partial charge in [-0.25, -0.2) is 4.79 Å². The maximum absolute atomic E-state index is 11.3. The second kappa shape index (κ2) is 17.3. The van der Waals surface area contributed by atoms with Gasteiger partial charge in [0.15, 0.2) is 0 Å². The van der Waals surface area contributed by atoms with Gasteiger partial charge in [-0.05, 0) is 12.8 Å². The van der Waals surface area contributed by atoms with E-state index in [9.17, 15) is 4.79 Å². The fraction of sp³-hybridized carbons (Fsp3) is 0.875. The van der Waals surface area contributed by atoms with Gasteiger partial charge in [0.2, 0.25) is 6.23 Å². The number of rotatable bonds is 19. The van der Waals surface area contributed by atoms with E-state index in [4.69, 9.17) is 4.74 Å². The maximum Gasteiger partial charge on any atom is 0.334 e. The van der Waals surface area contributed by atoms with E-state index in [0.29, 0.717) is 0 Å². The molecule has 0 aromatic rings. The molecule has 0 aromatic heterocycles. The molecule has 0 heterocycles. The molecule has 0 saturated heterocycles. The number of hydrogen-bond acceptors (Lipinski definition) is 2. The quantitative estimate of drug-likeness (QED) is 0.0789. The SMILES string of the molecule is C=CC(=O)OC(C)[N+](C)(C)CCCCCCCCCCCCCCCCC. The molecule has 0 bridgehead atoms. The minimum atomic E-state index is -0.329. The Kier molecular flexibility index (Phi) is 16.7. The van der Waals surface area contributed by atoms with Crippen molar-refractivity contribution in [3.8, 4) is 0 Å². The molecular formula is C24H48NO2+. The summed E-state index contributed by atoms with van der Waals surface area (Å²) in [5.74, 6) is -0.329. The van der Waals surface area contributed by atoms with Crippen LogP contribution in [0.2, 0.25) is 0 Å². The maximum atomic E-state index is 11.3. The molecule has 0 radical (unpaired) electrons. The summed E-state index contributed by atoms with van der Waals surface area (Å²) in [7, 11) is 4.26. The first-order valence-electron chi connectivity index (χ1n) is 11.6. The molecule has 0 aliphatic rings. The second-order valence-electron chi connectivity index (χ2n) is 8.69. The summed E-state index contributed by atoms with van der Waals surface area (Å²) >= 11 is 0. The van der Waals surface area contributed by atoms with Crippen LogP contribution >= 0.6 is 0 Å². The van der Waals surface area contributed by atoms with Gasteiger partial charge in [0, 0.05) is 13.0 Å². The third-order valence-corrected chi connectivity index (χ3v) is 5.78. The summed E-state index contributed by atoms with van der Waals surface area (Å²) in [4.78, 5) is 11.3. The van der Waals surface area contributed by atoms with Crippen molar-refractivity contribution in [3.63, 3.8) is 0 Å². The monoisotopic (exact) mass is 382 g/mol. The minimum absolute atomic E-state index is 0.123. The fourth-order valence-electron chi connectivity index (χ4n) is 3.43. The summed E-state index contributed by atoms with van der Waals surface area (Å²) in [6.45, 7) is 8.75. The molecule has 3 nitrogen and oxygen atoms in total. The van der Waals surface area contributed by atoms with E-state index in [-0.39, 0.29) is 12.2 Å². The van der Waals surface area contributed by atoms with Crippen LogP contribution in [0.4, 0.5) is 0 Å². The molecule has 0 aliphatic heterocycles. The number of unbranched alkanes of at least 4 members (excludes halogenated alkanes) is 14. The van der Waals surface area contributed by atoms with Gasteiger partial charge in [0.1, 0.15) is 0 Å². The smallest absolute Gasteiger partial charge is 0.334 e. The molecule has 0 saturated carbocycles. The van der Waals surface area contributed by atoms with Crippen LogP contribution in [0.5, 0.6) is 0 Å². The molecule has 1 unspecified atom stereocenters. The van der Waals surface area contributed by atoms with E-state index in [1.807, 2.05) is 6.92 Å². The van der Waals surface area contributed by atoms with Gasteiger partial charge in [0.05, 0.1) is 20.6 Å². The van der Waals surface area contributed by atoms with E-state index < -0.39 is 0 Å². The molecule has 0 N–H and O–H groups in total. The van der Waals surface area contributed by atoms with Gasteiger partial charge in [-0.1, -0.05) is 97.0 Å². The number of carbonyl (C=O) groups excluding carboxylic acids is 1. The van der Waals surface area contributed by atoms with E-state index in [1.165, 1.54) is 102 Å². The summed E-state index contributed by atoms with van der Waals surface area (Å²) in [6, 6.07) is 0. The zero-order valence-electron chi connectivity index (χ0n) is 18.9. The highest BCUT2D eigenvalue weighted by molar-refractivity contribution is 5.81. The molecule has 0 aliphatic carbocycles. The summed E-state index contributed by atoms with van der Waals surface area (Å²) < 4.78 is 6.07. The molecule has 3 heteroatoms. The molecule has 1 atom stereocenters. The van der Waals surface area contributed by atoms with Crippen LogP contribution in [0.1, 0.15) is 110 Å². The van der Waals surface area contributed by atoms with Crippen molar-refractivity contribution < 1.29 is 14.0 Å². The van der Waals surface area contributed by atoms with Gasteiger partial charge < -0.3 is 4.74 Å². The zero-order valence-corrected chi connectivity index (χ0v) is 18.9. The average molecular weight is 383 g/mol. The molecule has 0 aromatic carbocycles. The number of nitrogens with zero attached hydrogens (tertiary/aromatic N) is 1. The number of carbonyl (C=O) groups is 1. The van der Waals surface area contributed by atoms with Gasteiger partial charge in [-0.3, -0.25) is 4.48 Å². The number of quaternary nitrogens is 1. The highest BCUT2D eigenvalue weighted by Gasteiger charge is 2.25. The molecule has 0 rings (SSSR count). The Morgan fingerprint density at radius 2 is 1.19 bits per heavy atom. The third-order valence-electron chi connectivity index (χ3n) is 5.78. The van der Waals surface area contributed by atoms with Gasteiger partial charge in [-0.15, -0.1) is 0 Å². The predicted molar refractivity (Wildman–Crippen MR) is 118 cm³/mol. The molecule has 160 valence electrons. The second-order valence-corrected chi connectivity index (χ2v) is 8.69. The first-order chi connectivity index (χ1) is 12.9. The van der Waals surface area contributed by atoms with Crippen molar-refractivity contribution >= 4 is 5.97 Å². The van der Waals surface area contributed by atoms with E-state index in [1.54, 1.807) is 0 Å². The van der Waals surface area contributed by atoms with Crippen molar-refractivity contribution in [1.29, 1.82) is 0 Å². The van der Waals surface area contributed by atoms with E-state index >= 15 is 0 Å². The topological polar surface area (TPSA) is 26.3 Å². The third kappa shape index (κ3) is 15.9. The van der Waals surface area contributed by atoms with Crippen molar-refractivity contribution in [2.75, 3.05) is 20.6 Å². The Bertz CT molecular complexity index is 365. The first-order valence-corrected chi connectivity index (χ1v) is 11.6. The lowest BCUT2D eigenvalue weighted by molar-refractivity contribution is -0.932. The fourth-order valence-corrected chi connectivity index (χ4v) is 3.43. The Morgan fingerprint density at radius 1 is 0.815 bits per heavy atom. The van der Waals surface area contributed by atoms with Crippen molar-refractivity contribution in [2.45, 2.75) is 116 Å². The lowest BCUT2D eigenvalue weighted by atomic mass is 10.0. The Hall–Kier alpha value is -0.830. The van der Waals surface area contributed by atoms with Crippen LogP contribution in [0.15, 0.2) is 12.7 Å². The number of hydrogen-bond donors (Lipinski definition) is 0. The highest BCUT2D eigenvalue weighted by Crippen LogP contribution is 2.15. The highest BCUT2D eigenvalue weighted by atomic mass is 16.6. The minimum Gasteiger partial charge on any atom is -0.410 e. The van der Waals surface area contributed by atoms with Gasteiger partial charge >= 0.3 is 5.97 Å². The normalized spacial score (nSPS) is 12.7. The molecule has 0 amide bonds. The van der Waals surface area contributed by atoms with Crippen molar-refractivity contribution in [1.82, 2.24) is 0 Å². The first kappa shape index (κ1) is 26.2. The lowest BCUT2D eigenvalue weighted by Crippen LogP contribution is -2.49. The summed E-state index contributed by atoms with van der Waals surface area (Å²) in [6.07, 6.45) is 21.9. The number of ether oxygens (including phenoxy) is 1. The van der Waals surface area contributed by atoms with E-state index in [2.05, 4.69) is 27.6 Å². The van der Waals surface area contributed by atoms with E-state index in [0.717, 1.165) is 11.0 Å². The van der Waals surface area contributed by atoms with Gasteiger partial charge in [0.25, 0.3) is 0 Å².